The molecule has 0 saturated carbocycles. The van der Waals surface area contributed by atoms with Crippen LogP contribution < -0.4 is 19.7 Å². The lowest BCUT2D eigenvalue weighted by Gasteiger charge is -2.26. The molecule has 0 radical (unpaired) electrons. The Hall–Kier alpha value is -3.62. The molecule has 1 heterocycles. The standard InChI is InChI=1S/C25H18BrClN2O5/c1-33-19-8-6-18(7-9-19)29-24(31)20(23(30)28-25(29)32)12-15-5-10-22(21(26)13-15)34-14-16-3-2-4-17(27)11-16/h2-13H,14H2,1H3,(H,28,30,32)/b20-12+. The number of ether oxygens (including phenoxy) is 2. The third-order valence-electron chi connectivity index (χ3n) is 4.98. The van der Waals surface area contributed by atoms with Gasteiger partial charge in [0.25, 0.3) is 11.8 Å². The van der Waals surface area contributed by atoms with E-state index in [2.05, 4.69) is 21.2 Å². The van der Waals surface area contributed by atoms with E-state index in [4.69, 9.17) is 21.1 Å². The number of halogens is 2. The second kappa shape index (κ2) is 10.1. The number of methoxy groups -OCH3 is 1. The maximum absolute atomic E-state index is 13.0. The summed E-state index contributed by atoms with van der Waals surface area (Å²) in [5.74, 6) is -0.340. The van der Waals surface area contributed by atoms with E-state index in [0.717, 1.165) is 10.5 Å². The van der Waals surface area contributed by atoms with Gasteiger partial charge >= 0.3 is 6.03 Å². The molecule has 9 heteroatoms. The summed E-state index contributed by atoms with van der Waals surface area (Å²) in [4.78, 5) is 38.7. The molecular formula is C25H18BrClN2O5. The molecule has 0 bridgehead atoms. The van der Waals surface area contributed by atoms with Gasteiger partial charge in [0.15, 0.2) is 0 Å². The van der Waals surface area contributed by atoms with Crippen LogP contribution in [0.5, 0.6) is 11.5 Å². The molecule has 1 N–H and O–H groups in total. The van der Waals surface area contributed by atoms with Gasteiger partial charge < -0.3 is 9.47 Å². The number of imide groups is 2. The van der Waals surface area contributed by atoms with Crippen molar-refractivity contribution in [3.63, 3.8) is 0 Å². The molecule has 172 valence electrons. The lowest BCUT2D eigenvalue weighted by atomic mass is 10.1. The summed E-state index contributed by atoms with van der Waals surface area (Å²) in [7, 11) is 1.51. The molecule has 4 rings (SSSR count). The van der Waals surface area contributed by atoms with E-state index in [-0.39, 0.29) is 5.57 Å². The summed E-state index contributed by atoms with van der Waals surface area (Å²) >= 11 is 9.47. The number of nitrogens with zero attached hydrogens (tertiary/aromatic N) is 1. The Morgan fingerprint density at radius 2 is 1.79 bits per heavy atom. The predicted molar refractivity (Wildman–Crippen MR) is 132 cm³/mol. The number of anilines is 1. The van der Waals surface area contributed by atoms with Crippen molar-refractivity contribution in [2.75, 3.05) is 12.0 Å². The Morgan fingerprint density at radius 3 is 2.47 bits per heavy atom. The zero-order valence-corrected chi connectivity index (χ0v) is 20.2. The maximum atomic E-state index is 13.0. The smallest absolute Gasteiger partial charge is 0.335 e. The Kier molecular flexibility index (Phi) is 7.00. The van der Waals surface area contributed by atoms with Crippen molar-refractivity contribution in [2.45, 2.75) is 6.61 Å². The van der Waals surface area contributed by atoms with Gasteiger partial charge in [0.1, 0.15) is 23.7 Å². The lowest BCUT2D eigenvalue weighted by Crippen LogP contribution is -2.54. The van der Waals surface area contributed by atoms with Gasteiger partial charge in [-0.25, -0.2) is 9.69 Å². The van der Waals surface area contributed by atoms with Crippen LogP contribution >= 0.6 is 27.5 Å². The first-order valence-corrected chi connectivity index (χ1v) is 11.2. The van der Waals surface area contributed by atoms with E-state index in [1.54, 1.807) is 48.5 Å². The Morgan fingerprint density at radius 1 is 1.03 bits per heavy atom. The Labute approximate surface area is 209 Å². The topological polar surface area (TPSA) is 84.9 Å². The maximum Gasteiger partial charge on any atom is 0.335 e. The van der Waals surface area contributed by atoms with Crippen molar-refractivity contribution in [3.8, 4) is 11.5 Å². The number of carbonyl (C=O) groups excluding carboxylic acids is 3. The summed E-state index contributed by atoms with van der Waals surface area (Å²) in [6.07, 6.45) is 1.42. The number of urea groups is 1. The van der Waals surface area contributed by atoms with E-state index in [0.29, 0.717) is 38.9 Å². The summed E-state index contributed by atoms with van der Waals surface area (Å²) in [5.41, 5.74) is 1.63. The second-order valence-electron chi connectivity index (χ2n) is 7.26. The van der Waals surface area contributed by atoms with Crippen LogP contribution in [-0.4, -0.2) is 25.0 Å². The second-order valence-corrected chi connectivity index (χ2v) is 8.56. The van der Waals surface area contributed by atoms with Crippen molar-refractivity contribution in [2.24, 2.45) is 0 Å². The molecule has 3 aromatic rings. The van der Waals surface area contributed by atoms with E-state index in [9.17, 15) is 14.4 Å². The molecule has 7 nitrogen and oxygen atoms in total. The third-order valence-corrected chi connectivity index (χ3v) is 5.84. The molecular weight excluding hydrogens is 524 g/mol. The molecule has 0 unspecified atom stereocenters. The van der Waals surface area contributed by atoms with E-state index in [1.165, 1.54) is 13.2 Å². The molecule has 1 aliphatic rings. The highest BCUT2D eigenvalue weighted by Crippen LogP contribution is 2.29. The molecule has 0 atom stereocenters. The highest BCUT2D eigenvalue weighted by Gasteiger charge is 2.36. The number of hydrogen-bond acceptors (Lipinski definition) is 5. The van der Waals surface area contributed by atoms with Crippen LogP contribution in [0.2, 0.25) is 5.02 Å². The highest BCUT2D eigenvalue weighted by molar-refractivity contribution is 9.10. The molecule has 34 heavy (non-hydrogen) atoms. The third kappa shape index (κ3) is 5.13. The number of carbonyl (C=O) groups is 3. The molecule has 3 aromatic carbocycles. The first kappa shape index (κ1) is 23.5. The summed E-state index contributed by atoms with van der Waals surface area (Å²) in [6.45, 7) is 0.319. The SMILES string of the molecule is COc1ccc(N2C(=O)NC(=O)/C(=C\c3ccc(OCc4cccc(Cl)c4)c(Br)c3)C2=O)cc1. The van der Waals surface area contributed by atoms with Crippen LogP contribution in [0.3, 0.4) is 0 Å². The average molecular weight is 542 g/mol. The summed E-state index contributed by atoms with van der Waals surface area (Å²) in [5, 5.41) is 2.83. The molecule has 0 aliphatic carbocycles. The van der Waals surface area contributed by atoms with Gasteiger partial charge in [0.2, 0.25) is 0 Å². The van der Waals surface area contributed by atoms with Crippen molar-refractivity contribution in [3.05, 3.63) is 92.9 Å². The van der Waals surface area contributed by atoms with Crippen LogP contribution in [0.15, 0.2) is 76.8 Å². The van der Waals surface area contributed by atoms with Crippen LogP contribution in [-0.2, 0) is 16.2 Å². The first-order chi connectivity index (χ1) is 16.4. The largest absolute Gasteiger partial charge is 0.497 e. The average Bonchev–Trinajstić information content (AvgIpc) is 2.81. The zero-order valence-electron chi connectivity index (χ0n) is 17.9. The monoisotopic (exact) mass is 540 g/mol. The van der Waals surface area contributed by atoms with Crippen molar-refractivity contribution < 1.29 is 23.9 Å². The zero-order chi connectivity index (χ0) is 24.2. The number of barbiturate groups is 1. The fraction of sp³-hybridized carbons (Fsp3) is 0.0800. The van der Waals surface area contributed by atoms with Crippen LogP contribution in [0.4, 0.5) is 10.5 Å². The van der Waals surface area contributed by atoms with Gasteiger partial charge in [0.05, 0.1) is 17.3 Å². The van der Waals surface area contributed by atoms with E-state index < -0.39 is 17.8 Å². The summed E-state index contributed by atoms with van der Waals surface area (Å²) in [6, 6.07) is 18.0. The minimum absolute atomic E-state index is 0.171. The number of rotatable bonds is 6. The lowest BCUT2D eigenvalue weighted by molar-refractivity contribution is -0.122. The Balaban J connectivity index is 1.55. The van der Waals surface area contributed by atoms with Gasteiger partial charge in [-0.1, -0.05) is 29.8 Å². The van der Waals surface area contributed by atoms with Crippen molar-refractivity contribution in [1.29, 1.82) is 0 Å². The highest BCUT2D eigenvalue weighted by atomic mass is 79.9. The predicted octanol–water partition coefficient (Wildman–Crippen LogP) is 5.36. The quantitative estimate of drug-likeness (QED) is 0.336. The number of nitrogens with one attached hydrogen (secondary N) is 1. The van der Waals surface area contributed by atoms with Crippen LogP contribution in [0.1, 0.15) is 11.1 Å². The van der Waals surface area contributed by atoms with Crippen LogP contribution in [0.25, 0.3) is 6.08 Å². The molecule has 4 amide bonds. The number of benzene rings is 3. The van der Waals surface area contributed by atoms with E-state index >= 15 is 0 Å². The molecule has 1 fully saturated rings. The number of amides is 4. The summed E-state index contributed by atoms with van der Waals surface area (Å²) < 4.78 is 11.6. The Bertz CT molecular complexity index is 1310. The molecule has 1 saturated heterocycles. The first-order valence-electron chi connectivity index (χ1n) is 10.1. The van der Waals surface area contributed by atoms with Crippen molar-refractivity contribution >= 4 is 57.1 Å². The van der Waals surface area contributed by atoms with Gasteiger partial charge in [-0.05, 0) is 81.7 Å². The minimum atomic E-state index is -0.816. The van der Waals surface area contributed by atoms with Gasteiger partial charge in [-0.15, -0.1) is 0 Å². The fourth-order valence-corrected chi connectivity index (χ4v) is 4.03. The normalized spacial score (nSPS) is 14.9. The minimum Gasteiger partial charge on any atom is -0.497 e. The molecule has 0 spiro atoms. The molecule has 1 aliphatic heterocycles. The van der Waals surface area contributed by atoms with E-state index in [1.807, 2.05) is 18.2 Å². The van der Waals surface area contributed by atoms with Crippen molar-refractivity contribution in [1.82, 2.24) is 5.32 Å². The number of hydrogen-bond donors (Lipinski definition) is 1. The van der Waals surface area contributed by atoms with Crippen LogP contribution in [0, 0.1) is 0 Å². The fourth-order valence-electron chi connectivity index (χ4n) is 3.30. The van der Waals surface area contributed by atoms with Gasteiger partial charge in [0, 0.05) is 5.02 Å². The molecule has 0 aromatic heterocycles. The van der Waals surface area contributed by atoms with Gasteiger partial charge in [-0.2, -0.15) is 0 Å². The van der Waals surface area contributed by atoms with Gasteiger partial charge in [-0.3, -0.25) is 14.9 Å².